The quantitative estimate of drug-likeness (QED) is 0.0609. The third-order valence-electron chi connectivity index (χ3n) is 8.85. The highest BCUT2D eigenvalue weighted by atomic mass is 16.4. The number of phenolic OH excluding ortho intramolecular Hbond substituents is 1. The first-order chi connectivity index (χ1) is 26.5. The van der Waals surface area contributed by atoms with Crippen LogP contribution in [0.2, 0.25) is 0 Å². The first-order valence-electron chi connectivity index (χ1n) is 17.7. The van der Waals surface area contributed by atoms with Crippen molar-refractivity contribution in [3.63, 3.8) is 0 Å². The Kier molecular flexibility index (Phi) is 16.7. The number of nitrogens with one attached hydrogen (secondary N) is 5. The number of nitrogens with zero attached hydrogens (tertiary/aromatic N) is 1. The molecule has 7 atom stereocenters. The summed E-state index contributed by atoms with van der Waals surface area (Å²) in [7, 11) is 0. The number of likely N-dealkylation sites (tertiary alicyclic amines) is 1. The third-order valence-corrected chi connectivity index (χ3v) is 8.85. The van der Waals surface area contributed by atoms with E-state index < -0.39 is 109 Å². The van der Waals surface area contributed by atoms with Crippen molar-refractivity contribution in [2.24, 2.45) is 11.5 Å². The molecule has 13 N–H and O–H groups in total. The fraction of sp³-hybridized carbons (Fsp3) is 0.444. The van der Waals surface area contributed by atoms with Crippen molar-refractivity contribution in [2.45, 2.75) is 81.4 Å². The molecule has 0 radical (unpaired) electrons. The van der Waals surface area contributed by atoms with E-state index in [4.69, 9.17) is 11.5 Å². The van der Waals surface area contributed by atoms with Gasteiger partial charge in [-0.1, -0.05) is 42.5 Å². The SMILES string of the molecule is C[C@@H](O)[C@H](N)C(=O)N[C@@H](Cc1ccccc1)C(=O)N[C@@H](CO)C(=O)NCC(=O)N[C@@H](CC(N)=O)C(=O)N[C@@H](Cc1ccc(O)cc1)C(=O)N1CCC[C@H]1C(=O)O. The summed E-state index contributed by atoms with van der Waals surface area (Å²) in [6.07, 6.45) is -1.61. The molecule has 0 bridgehead atoms. The second-order valence-corrected chi connectivity index (χ2v) is 13.2. The average molecular weight is 785 g/mol. The number of nitrogens with two attached hydrogens (primary N) is 2. The van der Waals surface area contributed by atoms with Gasteiger partial charge in [-0.05, 0) is 43.0 Å². The number of phenols is 1. The van der Waals surface area contributed by atoms with Crippen molar-refractivity contribution < 1.29 is 58.8 Å². The van der Waals surface area contributed by atoms with Crippen LogP contribution in [0.1, 0.15) is 37.3 Å². The van der Waals surface area contributed by atoms with Crippen molar-refractivity contribution in [1.29, 1.82) is 0 Å². The molecule has 0 spiro atoms. The fourth-order valence-corrected chi connectivity index (χ4v) is 5.79. The standard InChI is InChI=1S/C36H48N8O12/c1-19(46)30(38)34(53)41-23(14-20-6-3-2-4-7-20)32(51)43-26(18-45)31(50)39-17-29(49)40-24(16-28(37)48)33(52)42-25(15-21-9-11-22(47)12-10-21)35(54)44-13-5-8-27(44)36(55)56/h2-4,6-7,9-12,19,23-27,30,45-47H,5,8,13-18,38H2,1H3,(H2,37,48)(H,39,50)(H,40,49)(H,41,53)(H,42,52)(H,43,51)(H,55,56)/t19-,23+,24+,25+,26+,27+,30+/m1/s1. The maximum Gasteiger partial charge on any atom is 0.326 e. The molecule has 2 aromatic carbocycles. The van der Waals surface area contributed by atoms with Crippen LogP contribution in [0.15, 0.2) is 54.6 Å². The molecule has 1 heterocycles. The van der Waals surface area contributed by atoms with Crippen molar-refractivity contribution in [3.8, 4) is 5.75 Å². The van der Waals surface area contributed by atoms with Crippen LogP contribution in [0.4, 0.5) is 0 Å². The molecule has 0 aliphatic carbocycles. The molecule has 1 aliphatic rings. The van der Waals surface area contributed by atoms with Gasteiger partial charge in [-0.2, -0.15) is 0 Å². The Morgan fingerprint density at radius 3 is 1.95 bits per heavy atom. The number of benzene rings is 2. The number of hydrogen-bond acceptors (Lipinski definition) is 12. The van der Waals surface area contributed by atoms with Gasteiger partial charge in [-0.15, -0.1) is 0 Å². The van der Waals surface area contributed by atoms with Gasteiger partial charge < -0.3 is 63.4 Å². The van der Waals surface area contributed by atoms with E-state index >= 15 is 0 Å². The molecule has 2 aromatic rings. The van der Waals surface area contributed by atoms with Gasteiger partial charge in [0.1, 0.15) is 42.0 Å². The molecule has 20 heteroatoms. The lowest BCUT2D eigenvalue weighted by Crippen LogP contribution is -2.59. The summed E-state index contributed by atoms with van der Waals surface area (Å²) in [6, 6.07) is 5.66. The van der Waals surface area contributed by atoms with Crippen molar-refractivity contribution in [2.75, 3.05) is 19.7 Å². The Balaban J connectivity index is 1.69. The lowest BCUT2D eigenvalue weighted by atomic mass is 10.0. The number of amides is 7. The van der Waals surface area contributed by atoms with Crippen molar-refractivity contribution in [3.05, 3.63) is 65.7 Å². The zero-order chi connectivity index (χ0) is 41.5. The van der Waals surface area contributed by atoms with Gasteiger partial charge in [0.15, 0.2) is 0 Å². The molecule has 1 fully saturated rings. The van der Waals surface area contributed by atoms with Crippen LogP contribution in [-0.4, -0.2) is 135 Å². The Hall–Kier alpha value is -6.12. The third kappa shape index (κ3) is 13.3. The Morgan fingerprint density at radius 1 is 0.786 bits per heavy atom. The predicted molar refractivity (Wildman–Crippen MR) is 196 cm³/mol. The van der Waals surface area contributed by atoms with Crippen molar-refractivity contribution in [1.82, 2.24) is 31.5 Å². The lowest BCUT2D eigenvalue weighted by Gasteiger charge is -2.28. The molecule has 304 valence electrons. The molecule has 3 rings (SSSR count). The molecule has 0 unspecified atom stereocenters. The minimum atomic E-state index is -1.66. The predicted octanol–water partition coefficient (Wildman–Crippen LogP) is -4.12. The highest BCUT2D eigenvalue weighted by Gasteiger charge is 2.39. The minimum Gasteiger partial charge on any atom is -0.508 e. The second-order valence-electron chi connectivity index (χ2n) is 13.2. The molecule has 7 amide bonds. The summed E-state index contributed by atoms with van der Waals surface area (Å²) in [5, 5.41) is 50.6. The first kappa shape index (κ1) is 44.3. The molecule has 0 aromatic heterocycles. The molecule has 0 saturated carbocycles. The number of carbonyl (C=O) groups is 8. The van der Waals surface area contributed by atoms with Gasteiger partial charge in [-0.25, -0.2) is 4.79 Å². The van der Waals surface area contributed by atoms with E-state index in [1.54, 1.807) is 30.3 Å². The van der Waals surface area contributed by atoms with Gasteiger partial charge in [0.05, 0.1) is 25.7 Å². The summed E-state index contributed by atoms with van der Waals surface area (Å²) < 4.78 is 0. The van der Waals surface area contributed by atoms with Crippen LogP contribution in [0.25, 0.3) is 0 Å². The van der Waals surface area contributed by atoms with E-state index in [-0.39, 0.29) is 31.6 Å². The topological polar surface area (TPSA) is 333 Å². The lowest BCUT2D eigenvalue weighted by molar-refractivity contribution is -0.149. The molecular weight excluding hydrogens is 736 g/mol. The zero-order valence-electron chi connectivity index (χ0n) is 30.6. The number of aliphatic carboxylic acids is 1. The zero-order valence-corrected chi connectivity index (χ0v) is 30.6. The number of aromatic hydroxyl groups is 1. The average Bonchev–Trinajstić information content (AvgIpc) is 3.66. The van der Waals surface area contributed by atoms with Crippen molar-refractivity contribution >= 4 is 47.3 Å². The molecule has 20 nitrogen and oxygen atoms in total. The minimum absolute atomic E-state index is 0.0595. The van der Waals surface area contributed by atoms with Crippen LogP contribution in [0.3, 0.4) is 0 Å². The van der Waals surface area contributed by atoms with Gasteiger partial charge in [0, 0.05) is 19.4 Å². The number of aliphatic hydroxyl groups excluding tert-OH is 2. The van der Waals surface area contributed by atoms with Crippen LogP contribution in [0, 0.1) is 0 Å². The first-order valence-corrected chi connectivity index (χ1v) is 17.7. The summed E-state index contributed by atoms with van der Waals surface area (Å²) >= 11 is 0. The number of primary amides is 1. The van der Waals surface area contributed by atoms with E-state index in [0.717, 1.165) is 4.90 Å². The fourth-order valence-electron chi connectivity index (χ4n) is 5.79. The van der Waals surface area contributed by atoms with E-state index in [9.17, 15) is 58.8 Å². The Bertz CT molecular complexity index is 1730. The number of carbonyl (C=O) groups excluding carboxylic acids is 7. The number of hydrogen-bond donors (Lipinski definition) is 11. The van der Waals surface area contributed by atoms with E-state index in [1.165, 1.54) is 31.2 Å². The monoisotopic (exact) mass is 784 g/mol. The van der Waals surface area contributed by atoms with Crippen LogP contribution in [-0.2, 0) is 51.2 Å². The second kappa shape index (κ2) is 21.1. The maximum absolute atomic E-state index is 13.6. The number of rotatable bonds is 20. The van der Waals surface area contributed by atoms with Gasteiger partial charge in [0.2, 0.25) is 41.4 Å². The van der Waals surface area contributed by atoms with Gasteiger partial charge >= 0.3 is 5.97 Å². The van der Waals surface area contributed by atoms with E-state index in [0.29, 0.717) is 17.5 Å². The number of carboxylic acids is 1. The molecule has 56 heavy (non-hydrogen) atoms. The van der Waals surface area contributed by atoms with Gasteiger partial charge in [-0.3, -0.25) is 33.6 Å². The van der Waals surface area contributed by atoms with Crippen LogP contribution < -0.4 is 38.1 Å². The number of carboxylic acid groups (broad SMARTS) is 1. The normalized spacial score (nSPS) is 16.9. The smallest absolute Gasteiger partial charge is 0.326 e. The van der Waals surface area contributed by atoms with Gasteiger partial charge in [0.25, 0.3) is 0 Å². The summed E-state index contributed by atoms with van der Waals surface area (Å²) in [6.45, 7) is -0.383. The largest absolute Gasteiger partial charge is 0.508 e. The number of aliphatic hydroxyl groups is 2. The Labute approximate surface area is 321 Å². The Morgan fingerprint density at radius 2 is 1.36 bits per heavy atom. The van der Waals surface area contributed by atoms with E-state index in [1.807, 2.05) is 0 Å². The molecule has 1 aliphatic heterocycles. The maximum atomic E-state index is 13.6. The molecular formula is C36H48N8O12. The summed E-state index contributed by atoms with van der Waals surface area (Å²) in [5.74, 6) is -7.91. The van der Waals surface area contributed by atoms with Crippen LogP contribution >= 0.6 is 0 Å². The van der Waals surface area contributed by atoms with Crippen LogP contribution in [0.5, 0.6) is 5.75 Å². The molecule has 1 saturated heterocycles. The highest BCUT2D eigenvalue weighted by Crippen LogP contribution is 2.20. The summed E-state index contributed by atoms with van der Waals surface area (Å²) in [5.41, 5.74) is 12.1. The van der Waals surface area contributed by atoms with E-state index in [2.05, 4.69) is 26.6 Å². The highest BCUT2D eigenvalue weighted by molar-refractivity contribution is 5.97. The summed E-state index contributed by atoms with van der Waals surface area (Å²) in [4.78, 5) is 104.